The van der Waals surface area contributed by atoms with Gasteiger partial charge in [-0.05, 0) is 54.7 Å². The number of hydrogen-bond acceptors (Lipinski definition) is 4. The van der Waals surface area contributed by atoms with Crippen molar-refractivity contribution in [3.63, 3.8) is 0 Å². The predicted molar refractivity (Wildman–Crippen MR) is 102 cm³/mol. The SMILES string of the molecule is COc1ccc2cc(C(=O)C3CCC(C(=O)NCCN)CC3)ccc2c1. The Morgan fingerprint density at radius 1 is 1.04 bits per heavy atom. The van der Waals surface area contributed by atoms with Gasteiger partial charge in [-0.2, -0.15) is 0 Å². The third-order valence-corrected chi connectivity index (χ3v) is 5.24. The van der Waals surface area contributed by atoms with Crippen LogP contribution >= 0.6 is 0 Å². The Hall–Kier alpha value is -2.40. The van der Waals surface area contributed by atoms with Crippen molar-refractivity contribution in [2.75, 3.05) is 20.2 Å². The fourth-order valence-electron chi connectivity index (χ4n) is 3.70. The molecule has 1 saturated carbocycles. The number of amides is 1. The van der Waals surface area contributed by atoms with Crippen molar-refractivity contribution in [1.82, 2.24) is 5.32 Å². The molecule has 0 heterocycles. The summed E-state index contributed by atoms with van der Waals surface area (Å²) in [6.45, 7) is 0.965. The number of carbonyl (C=O) groups excluding carboxylic acids is 2. The maximum Gasteiger partial charge on any atom is 0.223 e. The van der Waals surface area contributed by atoms with Crippen LogP contribution in [0.5, 0.6) is 5.75 Å². The average Bonchev–Trinajstić information content (AvgIpc) is 2.70. The highest BCUT2D eigenvalue weighted by molar-refractivity contribution is 6.01. The molecule has 0 atom stereocenters. The van der Waals surface area contributed by atoms with Crippen molar-refractivity contribution in [2.24, 2.45) is 17.6 Å². The molecule has 138 valence electrons. The molecule has 0 saturated heterocycles. The highest BCUT2D eigenvalue weighted by Gasteiger charge is 2.30. The van der Waals surface area contributed by atoms with Crippen LogP contribution in [0.15, 0.2) is 36.4 Å². The Labute approximate surface area is 153 Å². The van der Waals surface area contributed by atoms with Crippen molar-refractivity contribution in [3.05, 3.63) is 42.0 Å². The minimum absolute atomic E-state index is 0.00394. The molecule has 2 aromatic carbocycles. The Balaban J connectivity index is 1.65. The maximum absolute atomic E-state index is 12.9. The number of methoxy groups -OCH3 is 1. The molecule has 5 heteroatoms. The summed E-state index contributed by atoms with van der Waals surface area (Å²) in [6.07, 6.45) is 3.05. The van der Waals surface area contributed by atoms with E-state index in [9.17, 15) is 9.59 Å². The van der Waals surface area contributed by atoms with Gasteiger partial charge in [-0.1, -0.05) is 18.2 Å². The molecule has 26 heavy (non-hydrogen) atoms. The number of ketones is 1. The van der Waals surface area contributed by atoms with Gasteiger partial charge in [0.15, 0.2) is 5.78 Å². The van der Waals surface area contributed by atoms with Gasteiger partial charge >= 0.3 is 0 Å². The van der Waals surface area contributed by atoms with Crippen molar-refractivity contribution in [3.8, 4) is 5.75 Å². The van der Waals surface area contributed by atoms with Gasteiger partial charge in [0, 0.05) is 30.5 Å². The number of Topliss-reactive ketones (excluding diaryl/α,β-unsaturated/α-hetero) is 1. The number of nitrogens with one attached hydrogen (secondary N) is 1. The van der Waals surface area contributed by atoms with E-state index >= 15 is 0 Å². The monoisotopic (exact) mass is 354 g/mol. The quantitative estimate of drug-likeness (QED) is 0.782. The molecule has 1 aliphatic carbocycles. The second-order valence-electron chi connectivity index (χ2n) is 6.92. The standard InChI is InChI=1S/C21H26N2O3/c1-26-19-9-8-16-12-18(7-6-17(16)13-19)20(24)14-2-4-15(5-3-14)21(25)23-11-10-22/h6-9,12-15H,2-5,10-11,22H2,1H3,(H,23,25). The zero-order valence-corrected chi connectivity index (χ0v) is 15.2. The van der Waals surface area contributed by atoms with Crippen LogP contribution in [0.2, 0.25) is 0 Å². The van der Waals surface area contributed by atoms with E-state index in [0.29, 0.717) is 13.1 Å². The minimum atomic E-state index is 0.00394. The molecule has 1 aliphatic rings. The molecular formula is C21H26N2O3. The third kappa shape index (κ3) is 4.05. The Kier molecular flexibility index (Phi) is 5.89. The lowest BCUT2D eigenvalue weighted by molar-refractivity contribution is -0.126. The number of carbonyl (C=O) groups is 2. The third-order valence-electron chi connectivity index (χ3n) is 5.24. The van der Waals surface area contributed by atoms with Crippen molar-refractivity contribution >= 4 is 22.5 Å². The van der Waals surface area contributed by atoms with E-state index in [1.807, 2.05) is 36.4 Å². The summed E-state index contributed by atoms with van der Waals surface area (Å²) < 4.78 is 5.24. The molecular weight excluding hydrogens is 328 g/mol. The number of hydrogen-bond donors (Lipinski definition) is 2. The molecule has 0 spiro atoms. The molecule has 0 bridgehead atoms. The molecule has 1 fully saturated rings. The molecule has 0 radical (unpaired) electrons. The summed E-state index contributed by atoms with van der Waals surface area (Å²) in [7, 11) is 1.64. The van der Waals surface area contributed by atoms with Gasteiger partial charge in [-0.3, -0.25) is 9.59 Å². The zero-order chi connectivity index (χ0) is 18.5. The average molecular weight is 354 g/mol. The molecule has 0 aromatic heterocycles. The smallest absolute Gasteiger partial charge is 0.223 e. The highest BCUT2D eigenvalue weighted by atomic mass is 16.5. The van der Waals surface area contributed by atoms with Crippen molar-refractivity contribution in [1.29, 1.82) is 0 Å². The summed E-state index contributed by atoms with van der Waals surface area (Å²) >= 11 is 0. The number of fused-ring (bicyclic) bond motifs is 1. The number of nitrogens with two attached hydrogens (primary N) is 1. The highest BCUT2D eigenvalue weighted by Crippen LogP contribution is 2.32. The van der Waals surface area contributed by atoms with Crippen LogP contribution in [-0.2, 0) is 4.79 Å². The van der Waals surface area contributed by atoms with E-state index in [4.69, 9.17) is 10.5 Å². The van der Waals surface area contributed by atoms with Gasteiger partial charge in [0.05, 0.1) is 7.11 Å². The number of benzene rings is 2. The van der Waals surface area contributed by atoms with Gasteiger partial charge < -0.3 is 15.8 Å². The van der Waals surface area contributed by atoms with E-state index < -0.39 is 0 Å². The largest absolute Gasteiger partial charge is 0.497 e. The molecule has 0 unspecified atom stereocenters. The van der Waals surface area contributed by atoms with Crippen LogP contribution in [0.1, 0.15) is 36.0 Å². The fraction of sp³-hybridized carbons (Fsp3) is 0.429. The predicted octanol–water partition coefficient (Wildman–Crippen LogP) is 2.91. The lowest BCUT2D eigenvalue weighted by Crippen LogP contribution is -2.36. The summed E-state index contributed by atoms with van der Waals surface area (Å²) in [5.74, 6) is 1.08. The van der Waals surface area contributed by atoms with Crippen LogP contribution < -0.4 is 15.8 Å². The molecule has 3 N–H and O–H groups in total. The molecule has 3 rings (SSSR count). The first kappa shape index (κ1) is 18.4. The van der Waals surface area contributed by atoms with E-state index in [-0.39, 0.29) is 23.5 Å². The van der Waals surface area contributed by atoms with Crippen LogP contribution in [0.4, 0.5) is 0 Å². The first-order valence-corrected chi connectivity index (χ1v) is 9.22. The lowest BCUT2D eigenvalue weighted by atomic mass is 9.78. The Bertz CT molecular complexity index is 795. The van der Waals surface area contributed by atoms with Crippen molar-refractivity contribution < 1.29 is 14.3 Å². The van der Waals surface area contributed by atoms with E-state index in [1.165, 1.54) is 0 Å². The van der Waals surface area contributed by atoms with Gasteiger partial charge in [0.2, 0.25) is 5.91 Å². The van der Waals surface area contributed by atoms with Gasteiger partial charge in [-0.15, -0.1) is 0 Å². The van der Waals surface area contributed by atoms with E-state index in [2.05, 4.69) is 5.32 Å². The Morgan fingerprint density at radius 2 is 1.69 bits per heavy atom. The molecule has 0 aliphatic heterocycles. The van der Waals surface area contributed by atoms with Gasteiger partial charge in [0.25, 0.3) is 0 Å². The van der Waals surface area contributed by atoms with Gasteiger partial charge in [-0.25, -0.2) is 0 Å². The van der Waals surface area contributed by atoms with Crippen LogP contribution in [-0.4, -0.2) is 31.9 Å². The van der Waals surface area contributed by atoms with Crippen LogP contribution in [0.25, 0.3) is 10.8 Å². The summed E-state index contributed by atoms with van der Waals surface area (Å²) in [5, 5.41) is 4.94. The summed E-state index contributed by atoms with van der Waals surface area (Å²) in [4.78, 5) is 24.9. The maximum atomic E-state index is 12.9. The number of ether oxygens (including phenoxy) is 1. The fourth-order valence-corrected chi connectivity index (χ4v) is 3.70. The second kappa shape index (κ2) is 8.32. The minimum Gasteiger partial charge on any atom is -0.497 e. The first-order chi connectivity index (χ1) is 12.6. The van der Waals surface area contributed by atoms with Crippen LogP contribution in [0.3, 0.4) is 0 Å². The molecule has 1 amide bonds. The normalized spacial score (nSPS) is 19.9. The topological polar surface area (TPSA) is 81.4 Å². The van der Waals surface area contributed by atoms with Crippen molar-refractivity contribution in [2.45, 2.75) is 25.7 Å². The molecule has 5 nitrogen and oxygen atoms in total. The van der Waals surface area contributed by atoms with E-state index in [0.717, 1.165) is 47.8 Å². The summed E-state index contributed by atoms with van der Waals surface area (Å²) in [6, 6.07) is 11.7. The van der Waals surface area contributed by atoms with Crippen LogP contribution in [0, 0.1) is 11.8 Å². The Morgan fingerprint density at radius 3 is 2.38 bits per heavy atom. The lowest BCUT2D eigenvalue weighted by Gasteiger charge is -2.27. The van der Waals surface area contributed by atoms with E-state index in [1.54, 1.807) is 7.11 Å². The molecule has 2 aromatic rings. The first-order valence-electron chi connectivity index (χ1n) is 9.22. The summed E-state index contributed by atoms with van der Waals surface area (Å²) in [5.41, 5.74) is 6.17. The zero-order valence-electron chi connectivity index (χ0n) is 15.2. The second-order valence-corrected chi connectivity index (χ2v) is 6.92. The number of rotatable bonds is 6. The van der Waals surface area contributed by atoms with Gasteiger partial charge in [0.1, 0.15) is 5.75 Å².